The molecule has 0 saturated carbocycles. The first kappa shape index (κ1) is 23.7. The second kappa shape index (κ2) is 10.5. The summed E-state index contributed by atoms with van der Waals surface area (Å²) in [5, 5.41) is 3.41. The van der Waals surface area contributed by atoms with Crippen molar-refractivity contribution in [3.8, 4) is 11.5 Å². The lowest BCUT2D eigenvalue weighted by Gasteiger charge is -2.26. The van der Waals surface area contributed by atoms with Crippen LogP contribution in [0.15, 0.2) is 41.3 Å². The highest BCUT2D eigenvalue weighted by atomic mass is 35.5. The molecule has 0 unspecified atom stereocenters. The number of halogens is 2. The van der Waals surface area contributed by atoms with Gasteiger partial charge >= 0.3 is 0 Å². The molecule has 0 atom stereocenters. The van der Waals surface area contributed by atoms with Gasteiger partial charge in [0.05, 0.1) is 22.2 Å². The lowest BCUT2D eigenvalue weighted by atomic mass is 10.2. The summed E-state index contributed by atoms with van der Waals surface area (Å²) >= 11 is 11.9. The smallest absolute Gasteiger partial charge is 0.262 e. The summed E-state index contributed by atoms with van der Waals surface area (Å²) in [6, 6.07) is 9.14. The molecule has 0 radical (unpaired) electrons. The number of rotatable bonds is 8. The Hall–Kier alpha value is -2.00. The average molecular weight is 487 g/mol. The van der Waals surface area contributed by atoms with Gasteiger partial charge in [-0.15, -0.1) is 0 Å². The minimum Gasteiger partial charge on any atom is -0.492 e. The predicted molar refractivity (Wildman–Crippen MR) is 121 cm³/mol. The van der Waals surface area contributed by atoms with Crippen LogP contribution in [0, 0.1) is 0 Å². The molecule has 1 heterocycles. The number of hydrogen-bond acceptors (Lipinski definition) is 5. The van der Waals surface area contributed by atoms with Crippen molar-refractivity contribution in [2.24, 2.45) is 0 Å². The van der Waals surface area contributed by atoms with E-state index in [0.717, 1.165) is 19.3 Å². The van der Waals surface area contributed by atoms with Crippen LogP contribution in [-0.4, -0.2) is 44.9 Å². The Morgan fingerprint density at radius 2 is 1.74 bits per heavy atom. The van der Waals surface area contributed by atoms with Crippen molar-refractivity contribution in [2.75, 3.05) is 31.6 Å². The summed E-state index contributed by atoms with van der Waals surface area (Å²) in [5.41, 5.74) is 0.260. The van der Waals surface area contributed by atoms with Crippen molar-refractivity contribution < 1.29 is 22.7 Å². The zero-order valence-electron chi connectivity index (χ0n) is 17.1. The van der Waals surface area contributed by atoms with E-state index in [-0.39, 0.29) is 22.2 Å². The Labute approximate surface area is 192 Å². The Kier molecular flexibility index (Phi) is 8.05. The van der Waals surface area contributed by atoms with Crippen LogP contribution in [0.3, 0.4) is 0 Å². The van der Waals surface area contributed by atoms with Gasteiger partial charge in [0.2, 0.25) is 10.0 Å². The highest BCUT2D eigenvalue weighted by molar-refractivity contribution is 7.89. The maximum absolute atomic E-state index is 13.0. The van der Waals surface area contributed by atoms with E-state index in [1.54, 1.807) is 25.1 Å². The number of sulfonamides is 1. The fraction of sp³-hybridized carbons (Fsp3) is 0.381. The van der Waals surface area contributed by atoms with Crippen molar-refractivity contribution in [3.05, 3.63) is 46.4 Å². The summed E-state index contributed by atoms with van der Waals surface area (Å²) in [6.45, 7) is 2.82. The van der Waals surface area contributed by atoms with Crippen LogP contribution in [0.1, 0.15) is 26.2 Å². The molecule has 1 saturated heterocycles. The Bertz CT molecular complexity index is 1040. The summed E-state index contributed by atoms with van der Waals surface area (Å²) in [5.74, 6) is 0.199. The highest BCUT2D eigenvalue weighted by Gasteiger charge is 2.27. The van der Waals surface area contributed by atoms with E-state index in [2.05, 4.69) is 5.32 Å². The minimum atomic E-state index is -3.65. The van der Waals surface area contributed by atoms with Crippen LogP contribution in [0.4, 0.5) is 5.69 Å². The van der Waals surface area contributed by atoms with Gasteiger partial charge in [0.1, 0.15) is 11.5 Å². The van der Waals surface area contributed by atoms with Crippen molar-refractivity contribution in [1.82, 2.24) is 4.31 Å². The van der Waals surface area contributed by atoms with E-state index in [0.29, 0.717) is 36.2 Å². The predicted octanol–water partition coefficient (Wildman–Crippen LogP) is 4.58. The van der Waals surface area contributed by atoms with Crippen molar-refractivity contribution in [1.29, 1.82) is 0 Å². The molecule has 0 spiro atoms. The number of piperidine rings is 1. The molecule has 10 heteroatoms. The van der Waals surface area contributed by atoms with Crippen LogP contribution < -0.4 is 14.8 Å². The summed E-state index contributed by atoms with van der Waals surface area (Å²) in [7, 11) is -3.65. The number of benzene rings is 2. The first-order valence-electron chi connectivity index (χ1n) is 9.96. The van der Waals surface area contributed by atoms with Crippen LogP contribution in [0.25, 0.3) is 0 Å². The summed E-state index contributed by atoms with van der Waals surface area (Å²) in [6.07, 6.45) is 2.70. The zero-order valence-corrected chi connectivity index (χ0v) is 19.4. The third kappa shape index (κ3) is 6.04. The van der Waals surface area contributed by atoms with Gasteiger partial charge in [0, 0.05) is 18.1 Å². The van der Waals surface area contributed by atoms with Gasteiger partial charge in [-0.25, -0.2) is 8.42 Å². The van der Waals surface area contributed by atoms with Crippen molar-refractivity contribution >= 4 is 44.8 Å². The summed E-state index contributed by atoms with van der Waals surface area (Å²) in [4.78, 5) is 12.6. The topological polar surface area (TPSA) is 84.9 Å². The molecule has 1 N–H and O–H groups in total. The summed E-state index contributed by atoms with van der Waals surface area (Å²) < 4.78 is 38.5. The molecule has 1 fully saturated rings. The van der Waals surface area contributed by atoms with E-state index < -0.39 is 15.9 Å². The van der Waals surface area contributed by atoms with Crippen LogP contribution >= 0.6 is 23.2 Å². The van der Waals surface area contributed by atoms with Crippen molar-refractivity contribution in [3.63, 3.8) is 0 Å². The molecule has 2 aromatic carbocycles. The molecule has 168 valence electrons. The first-order chi connectivity index (χ1) is 14.8. The number of anilines is 1. The molecule has 3 rings (SSSR count). The number of nitrogens with zero attached hydrogens (tertiary/aromatic N) is 1. The molecule has 31 heavy (non-hydrogen) atoms. The van der Waals surface area contributed by atoms with Gasteiger partial charge in [0.25, 0.3) is 5.91 Å². The average Bonchev–Trinajstić information content (AvgIpc) is 2.75. The van der Waals surface area contributed by atoms with Gasteiger partial charge in [0.15, 0.2) is 6.61 Å². The first-order valence-corrected chi connectivity index (χ1v) is 12.2. The number of amides is 1. The van der Waals surface area contributed by atoms with E-state index in [1.165, 1.54) is 22.5 Å². The molecule has 1 amide bonds. The van der Waals surface area contributed by atoms with E-state index in [9.17, 15) is 13.2 Å². The standard InChI is InChI=1S/C21H24Cl2N2O5S/c1-2-29-20-9-7-16(31(27,28)25-10-4-3-5-11-25)13-18(20)24-21(26)14-30-19-8-6-15(22)12-17(19)23/h6-9,12-13H,2-5,10-11,14H2,1H3,(H,24,26). The number of carbonyl (C=O) groups excluding carboxylic acids is 1. The zero-order chi connectivity index (χ0) is 22.4. The van der Waals surface area contributed by atoms with Crippen LogP contribution in [0.5, 0.6) is 11.5 Å². The molecule has 1 aliphatic heterocycles. The number of nitrogens with one attached hydrogen (secondary N) is 1. The van der Waals surface area contributed by atoms with Gasteiger partial charge in [-0.05, 0) is 56.2 Å². The van der Waals surface area contributed by atoms with E-state index >= 15 is 0 Å². The third-order valence-corrected chi connectivity index (χ3v) is 7.16. The van der Waals surface area contributed by atoms with Crippen LogP contribution in [0.2, 0.25) is 10.0 Å². The minimum absolute atomic E-state index is 0.106. The number of hydrogen-bond donors (Lipinski definition) is 1. The molecule has 0 aromatic heterocycles. The van der Waals surface area contributed by atoms with Gasteiger partial charge in [-0.1, -0.05) is 29.6 Å². The lowest BCUT2D eigenvalue weighted by Crippen LogP contribution is -2.35. The second-order valence-corrected chi connectivity index (χ2v) is 9.75. The SMILES string of the molecule is CCOc1ccc(S(=O)(=O)N2CCCCC2)cc1NC(=O)COc1ccc(Cl)cc1Cl. The number of ether oxygens (including phenoxy) is 2. The quantitative estimate of drug-likeness (QED) is 0.589. The fourth-order valence-electron chi connectivity index (χ4n) is 3.22. The van der Waals surface area contributed by atoms with Crippen molar-refractivity contribution in [2.45, 2.75) is 31.1 Å². The second-order valence-electron chi connectivity index (χ2n) is 6.97. The molecular formula is C21H24Cl2N2O5S. The van der Waals surface area contributed by atoms with E-state index in [4.69, 9.17) is 32.7 Å². The highest BCUT2D eigenvalue weighted by Crippen LogP contribution is 2.31. The normalized spacial score (nSPS) is 14.8. The molecule has 1 aliphatic rings. The molecule has 2 aromatic rings. The van der Waals surface area contributed by atoms with E-state index in [1.807, 2.05) is 0 Å². The maximum atomic E-state index is 13.0. The Balaban J connectivity index is 1.76. The number of carbonyl (C=O) groups is 1. The largest absolute Gasteiger partial charge is 0.492 e. The maximum Gasteiger partial charge on any atom is 0.262 e. The monoisotopic (exact) mass is 486 g/mol. The van der Waals surface area contributed by atoms with Gasteiger partial charge in [-0.2, -0.15) is 4.31 Å². The lowest BCUT2D eigenvalue weighted by molar-refractivity contribution is -0.118. The Morgan fingerprint density at radius 1 is 1.03 bits per heavy atom. The molecular weight excluding hydrogens is 463 g/mol. The third-order valence-electron chi connectivity index (χ3n) is 4.73. The van der Waals surface area contributed by atoms with Gasteiger partial charge in [-0.3, -0.25) is 4.79 Å². The Morgan fingerprint density at radius 3 is 2.42 bits per heavy atom. The van der Waals surface area contributed by atoms with Crippen LogP contribution in [-0.2, 0) is 14.8 Å². The fourth-order valence-corrected chi connectivity index (χ4v) is 5.23. The molecule has 0 aliphatic carbocycles. The molecule has 0 bridgehead atoms. The van der Waals surface area contributed by atoms with Gasteiger partial charge < -0.3 is 14.8 Å². The molecule has 7 nitrogen and oxygen atoms in total.